The van der Waals surface area contributed by atoms with Gasteiger partial charge in [0.05, 0.1) is 15.9 Å². The highest BCUT2D eigenvalue weighted by atomic mass is 35.5. The molecule has 0 atom stereocenters. The summed E-state index contributed by atoms with van der Waals surface area (Å²) in [6.45, 7) is -0.418. The maximum absolute atomic E-state index is 10.4. The van der Waals surface area contributed by atoms with Crippen molar-refractivity contribution in [2.75, 3.05) is 6.61 Å². The second-order valence-electron chi connectivity index (χ2n) is 3.25. The normalized spacial score (nSPS) is 10.6. The summed E-state index contributed by atoms with van der Waals surface area (Å²) >= 11 is 6.01. The van der Waals surface area contributed by atoms with Gasteiger partial charge in [0.1, 0.15) is 0 Å². The van der Waals surface area contributed by atoms with Crippen LogP contribution in [0.2, 0.25) is 5.02 Å². The zero-order chi connectivity index (χ0) is 11.7. The van der Waals surface area contributed by atoms with Crippen molar-refractivity contribution in [3.8, 4) is 5.88 Å². The number of carbonyl (C=O) groups is 1. The highest BCUT2D eigenvalue weighted by Crippen LogP contribution is 2.29. The Bertz CT molecular complexity index is 550. The lowest BCUT2D eigenvalue weighted by molar-refractivity contribution is -0.139. The van der Waals surface area contributed by atoms with Crippen LogP contribution in [0.3, 0.4) is 0 Å². The minimum absolute atomic E-state index is 0.280. The number of aromatic nitrogens is 2. The number of nitrogens with zero attached hydrogens (tertiary/aromatic N) is 2. The van der Waals surface area contributed by atoms with Crippen LogP contribution >= 0.6 is 11.6 Å². The summed E-state index contributed by atoms with van der Waals surface area (Å²) in [4.78, 5) is 10.4. The molecule has 2 aromatic rings. The van der Waals surface area contributed by atoms with Crippen LogP contribution < -0.4 is 4.74 Å². The highest BCUT2D eigenvalue weighted by Gasteiger charge is 2.12. The average molecular weight is 241 g/mol. The lowest BCUT2D eigenvalue weighted by Crippen LogP contribution is -2.09. The summed E-state index contributed by atoms with van der Waals surface area (Å²) < 4.78 is 6.63. The number of carboxylic acids is 1. The second kappa shape index (κ2) is 4.02. The highest BCUT2D eigenvalue weighted by molar-refractivity contribution is 6.35. The van der Waals surface area contributed by atoms with Crippen LogP contribution in [0, 0.1) is 0 Å². The Labute approximate surface area is 96.2 Å². The van der Waals surface area contributed by atoms with Crippen molar-refractivity contribution >= 4 is 28.5 Å². The van der Waals surface area contributed by atoms with Crippen LogP contribution in [-0.2, 0) is 11.8 Å². The van der Waals surface area contributed by atoms with Gasteiger partial charge in [-0.05, 0) is 12.1 Å². The van der Waals surface area contributed by atoms with Crippen molar-refractivity contribution in [3.63, 3.8) is 0 Å². The third-order valence-corrected chi connectivity index (χ3v) is 2.42. The van der Waals surface area contributed by atoms with Crippen molar-refractivity contribution in [2.45, 2.75) is 0 Å². The fourth-order valence-electron chi connectivity index (χ4n) is 1.49. The van der Waals surface area contributed by atoms with Gasteiger partial charge in [-0.2, -0.15) is 0 Å². The molecule has 1 heterocycles. The molecule has 1 aromatic carbocycles. The van der Waals surface area contributed by atoms with E-state index in [2.05, 4.69) is 5.10 Å². The molecule has 0 aliphatic heterocycles. The lowest BCUT2D eigenvalue weighted by Gasteiger charge is -1.98. The maximum Gasteiger partial charge on any atom is 0.341 e. The zero-order valence-electron chi connectivity index (χ0n) is 8.48. The molecule has 0 aliphatic rings. The van der Waals surface area contributed by atoms with Crippen LogP contribution in [0.5, 0.6) is 5.88 Å². The zero-order valence-corrected chi connectivity index (χ0v) is 9.23. The Morgan fingerprint density at radius 3 is 3.06 bits per heavy atom. The van der Waals surface area contributed by atoms with Crippen molar-refractivity contribution in [3.05, 3.63) is 23.2 Å². The van der Waals surface area contributed by atoms with Gasteiger partial charge in [-0.1, -0.05) is 17.7 Å². The number of benzene rings is 1. The number of aryl methyl sites for hydroxylation is 1. The number of halogens is 1. The van der Waals surface area contributed by atoms with Crippen molar-refractivity contribution in [1.82, 2.24) is 9.78 Å². The fraction of sp³-hybridized carbons (Fsp3) is 0.200. The van der Waals surface area contributed by atoms with E-state index in [-0.39, 0.29) is 5.88 Å². The van der Waals surface area contributed by atoms with E-state index in [1.807, 2.05) is 0 Å². The van der Waals surface area contributed by atoms with E-state index in [9.17, 15) is 4.79 Å². The molecule has 1 N–H and O–H groups in total. The van der Waals surface area contributed by atoms with Gasteiger partial charge in [0.25, 0.3) is 0 Å². The number of rotatable bonds is 3. The molecule has 0 bridgehead atoms. The third-order valence-electron chi connectivity index (χ3n) is 2.11. The van der Waals surface area contributed by atoms with Crippen molar-refractivity contribution in [2.24, 2.45) is 7.05 Å². The Morgan fingerprint density at radius 1 is 1.62 bits per heavy atom. The van der Waals surface area contributed by atoms with E-state index in [1.54, 1.807) is 29.9 Å². The first kappa shape index (κ1) is 10.8. The topological polar surface area (TPSA) is 64.4 Å². The molecule has 5 nitrogen and oxygen atoms in total. The number of hydrogen-bond donors (Lipinski definition) is 1. The minimum atomic E-state index is -1.04. The number of ether oxygens (including phenoxy) is 1. The number of fused-ring (bicyclic) bond motifs is 1. The predicted molar refractivity (Wildman–Crippen MR) is 58.9 cm³/mol. The Morgan fingerprint density at radius 2 is 2.38 bits per heavy atom. The van der Waals surface area contributed by atoms with Crippen molar-refractivity contribution < 1.29 is 14.6 Å². The van der Waals surface area contributed by atoms with E-state index in [0.717, 1.165) is 5.52 Å². The SMILES string of the molecule is Cn1nc(OCC(=O)O)c2cccc(Cl)c21. The quantitative estimate of drug-likeness (QED) is 0.887. The molecule has 0 aliphatic carbocycles. The summed E-state index contributed by atoms with van der Waals surface area (Å²) in [6, 6.07) is 5.29. The van der Waals surface area contributed by atoms with Gasteiger partial charge in [0, 0.05) is 7.05 Å². The molecule has 1 aromatic heterocycles. The number of carboxylic acid groups (broad SMARTS) is 1. The van der Waals surface area contributed by atoms with Crippen molar-refractivity contribution in [1.29, 1.82) is 0 Å². The Hall–Kier alpha value is -1.75. The van der Waals surface area contributed by atoms with Gasteiger partial charge in [0.15, 0.2) is 6.61 Å². The standard InChI is InChI=1S/C10H9ClN2O3/c1-13-9-6(3-2-4-7(9)11)10(12-13)16-5-8(14)15/h2-4H,5H2,1H3,(H,14,15). The Balaban J connectivity index is 2.47. The van der Waals surface area contributed by atoms with Gasteiger partial charge in [-0.3, -0.25) is 4.68 Å². The van der Waals surface area contributed by atoms with E-state index >= 15 is 0 Å². The van der Waals surface area contributed by atoms with Gasteiger partial charge in [0.2, 0.25) is 5.88 Å². The summed E-state index contributed by atoms with van der Waals surface area (Å²) in [5.41, 5.74) is 0.726. The van der Waals surface area contributed by atoms with E-state index in [0.29, 0.717) is 10.4 Å². The fourth-order valence-corrected chi connectivity index (χ4v) is 1.79. The lowest BCUT2D eigenvalue weighted by atomic mass is 10.2. The smallest absolute Gasteiger partial charge is 0.341 e. The molecule has 16 heavy (non-hydrogen) atoms. The van der Waals surface area contributed by atoms with Gasteiger partial charge >= 0.3 is 5.97 Å². The van der Waals surface area contributed by atoms with Gasteiger partial charge < -0.3 is 9.84 Å². The predicted octanol–water partition coefficient (Wildman–Crippen LogP) is 1.69. The Kier molecular flexibility index (Phi) is 2.70. The summed E-state index contributed by atoms with van der Waals surface area (Å²) in [5, 5.41) is 13.9. The number of hydrogen-bond acceptors (Lipinski definition) is 3. The molecular formula is C10H9ClN2O3. The molecular weight excluding hydrogens is 232 g/mol. The molecule has 0 saturated carbocycles. The summed E-state index contributed by atoms with van der Waals surface area (Å²) in [5.74, 6) is -0.761. The second-order valence-corrected chi connectivity index (χ2v) is 3.65. The molecule has 0 unspecified atom stereocenters. The number of para-hydroxylation sites is 1. The van der Waals surface area contributed by atoms with Crippen LogP contribution in [0.15, 0.2) is 18.2 Å². The number of aliphatic carboxylic acids is 1. The summed E-state index contributed by atoms with van der Waals surface area (Å²) in [7, 11) is 1.72. The van der Waals surface area contributed by atoms with Gasteiger partial charge in [-0.15, -0.1) is 5.10 Å². The van der Waals surface area contributed by atoms with Crippen LogP contribution in [0.25, 0.3) is 10.9 Å². The molecule has 0 radical (unpaired) electrons. The van der Waals surface area contributed by atoms with Crippen LogP contribution in [-0.4, -0.2) is 27.5 Å². The molecule has 0 amide bonds. The molecule has 84 valence electrons. The van der Waals surface area contributed by atoms with E-state index in [1.165, 1.54) is 0 Å². The van der Waals surface area contributed by atoms with E-state index in [4.69, 9.17) is 21.4 Å². The van der Waals surface area contributed by atoms with E-state index < -0.39 is 12.6 Å². The first-order chi connectivity index (χ1) is 7.59. The van der Waals surface area contributed by atoms with Crippen LogP contribution in [0.4, 0.5) is 0 Å². The molecule has 0 spiro atoms. The monoisotopic (exact) mass is 240 g/mol. The largest absolute Gasteiger partial charge is 0.479 e. The summed E-state index contributed by atoms with van der Waals surface area (Å²) in [6.07, 6.45) is 0. The maximum atomic E-state index is 10.4. The molecule has 0 saturated heterocycles. The first-order valence-corrected chi connectivity index (χ1v) is 4.93. The average Bonchev–Trinajstić information content (AvgIpc) is 2.54. The molecule has 2 rings (SSSR count). The first-order valence-electron chi connectivity index (χ1n) is 4.55. The van der Waals surface area contributed by atoms with Crippen LogP contribution in [0.1, 0.15) is 0 Å². The third kappa shape index (κ3) is 1.81. The van der Waals surface area contributed by atoms with Gasteiger partial charge in [-0.25, -0.2) is 4.79 Å². The molecule has 6 heteroatoms. The molecule has 0 fully saturated rings. The minimum Gasteiger partial charge on any atom is -0.479 e.